The molecule has 1 fully saturated rings. The lowest BCUT2D eigenvalue weighted by Gasteiger charge is -2.36. The van der Waals surface area contributed by atoms with Crippen LogP contribution < -0.4 is 5.32 Å². The quantitative estimate of drug-likeness (QED) is 0.333. The number of benzene rings is 1. The minimum atomic E-state index is 0. The number of nitrogens with one attached hydrogen (secondary N) is 1. The van der Waals surface area contributed by atoms with Crippen LogP contribution in [0.2, 0.25) is 5.02 Å². The van der Waals surface area contributed by atoms with Gasteiger partial charge in [-0.3, -0.25) is 9.79 Å². The number of carbonyl (C=O) groups is 1. The first-order valence-corrected chi connectivity index (χ1v) is 11.3. The Kier molecular flexibility index (Phi) is 10.3. The van der Waals surface area contributed by atoms with Gasteiger partial charge in [0.15, 0.2) is 5.96 Å². The molecule has 3 rings (SSSR count). The number of piperazine rings is 1. The number of rotatable bonds is 6. The Morgan fingerprint density at radius 3 is 2.63 bits per heavy atom. The van der Waals surface area contributed by atoms with Gasteiger partial charge in [0.2, 0.25) is 5.91 Å². The van der Waals surface area contributed by atoms with Crippen LogP contribution in [-0.4, -0.2) is 66.4 Å². The van der Waals surface area contributed by atoms with Crippen molar-refractivity contribution in [1.82, 2.24) is 20.1 Å². The molecule has 0 bridgehead atoms. The molecule has 30 heavy (non-hydrogen) atoms. The smallest absolute Gasteiger partial charge is 0.227 e. The standard InChI is InChI=1S/C21H28ClN5OS.HI/c1-3-19-25-18(15-29-19)7-8-24-21(23-2)27-11-9-26(10-12-27)20(28)14-16-5-4-6-17(22)13-16;/h4-6,13,15H,3,7-12,14H2,1-2H3,(H,23,24);1H. The average Bonchev–Trinajstić information content (AvgIpc) is 3.19. The van der Waals surface area contributed by atoms with Crippen LogP contribution in [0.15, 0.2) is 34.6 Å². The van der Waals surface area contributed by atoms with E-state index in [0.717, 1.165) is 49.7 Å². The molecule has 0 atom stereocenters. The van der Waals surface area contributed by atoms with E-state index in [0.29, 0.717) is 24.5 Å². The predicted octanol–water partition coefficient (Wildman–Crippen LogP) is 3.48. The average molecular weight is 562 g/mol. The molecule has 2 aromatic rings. The molecule has 2 heterocycles. The SMILES string of the molecule is CCc1nc(CCNC(=NC)N2CCN(C(=O)Cc3cccc(Cl)c3)CC2)cs1.I. The van der Waals surface area contributed by atoms with Gasteiger partial charge < -0.3 is 15.1 Å². The molecule has 1 amide bonds. The minimum absolute atomic E-state index is 0. The van der Waals surface area contributed by atoms with E-state index < -0.39 is 0 Å². The zero-order valence-corrected chi connectivity index (χ0v) is 21.3. The van der Waals surface area contributed by atoms with Crippen molar-refractivity contribution >= 4 is 58.8 Å². The van der Waals surface area contributed by atoms with Gasteiger partial charge in [-0.25, -0.2) is 4.98 Å². The fraction of sp³-hybridized carbons (Fsp3) is 0.476. The van der Waals surface area contributed by atoms with Crippen LogP contribution in [0.1, 0.15) is 23.2 Å². The maximum atomic E-state index is 12.6. The number of thiazole rings is 1. The second kappa shape index (κ2) is 12.5. The van der Waals surface area contributed by atoms with Crippen molar-refractivity contribution in [1.29, 1.82) is 0 Å². The highest BCUT2D eigenvalue weighted by molar-refractivity contribution is 14.0. The number of amides is 1. The summed E-state index contributed by atoms with van der Waals surface area (Å²) in [7, 11) is 1.80. The molecule has 1 aromatic heterocycles. The Bertz CT molecular complexity index is 851. The maximum Gasteiger partial charge on any atom is 0.227 e. The molecule has 1 N–H and O–H groups in total. The molecule has 1 aliphatic rings. The van der Waals surface area contributed by atoms with E-state index in [9.17, 15) is 4.79 Å². The molecule has 1 aromatic carbocycles. The zero-order chi connectivity index (χ0) is 20.6. The first kappa shape index (κ1) is 24.9. The summed E-state index contributed by atoms with van der Waals surface area (Å²) in [5.41, 5.74) is 2.09. The van der Waals surface area contributed by atoms with Crippen LogP contribution in [-0.2, 0) is 24.1 Å². The Hall–Kier alpha value is -1.39. The Balaban J connectivity index is 0.00000320. The van der Waals surface area contributed by atoms with Crippen molar-refractivity contribution in [3.05, 3.63) is 50.9 Å². The molecule has 164 valence electrons. The Morgan fingerprint density at radius 2 is 2.00 bits per heavy atom. The summed E-state index contributed by atoms with van der Waals surface area (Å²) in [4.78, 5) is 25.7. The summed E-state index contributed by atoms with van der Waals surface area (Å²) in [5.74, 6) is 1.03. The van der Waals surface area contributed by atoms with Crippen molar-refractivity contribution in [3.63, 3.8) is 0 Å². The molecule has 0 unspecified atom stereocenters. The molecule has 0 aliphatic carbocycles. The van der Waals surface area contributed by atoms with Gasteiger partial charge in [0, 0.05) is 56.6 Å². The number of aryl methyl sites for hydroxylation is 1. The maximum absolute atomic E-state index is 12.6. The van der Waals surface area contributed by atoms with Crippen molar-refractivity contribution in [2.75, 3.05) is 39.8 Å². The molecular weight excluding hydrogens is 533 g/mol. The summed E-state index contributed by atoms with van der Waals surface area (Å²) in [6.07, 6.45) is 2.26. The van der Waals surface area contributed by atoms with Crippen LogP contribution in [0.3, 0.4) is 0 Å². The topological polar surface area (TPSA) is 60.8 Å². The second-order valence-corrected chi connectivity index (χ2v) is 8.36. The summed E-state index contributed by atoms with van der Waals surface area (Å²) in [6, 6.07) is 7.50. The summed E-state index contributed by atoms with van der Waals surface area (Å²) >= 11 is 7.74. The van der Waals surface area contributed by atoms with Crippen molar-refractivity contribution in [2.24, 2.45) is 4.99 Å². The largest absolute Gasteiger partial charge is 0.356 e. The van der Waals surface area contributed by atoms with Crippen LogP contribution in [0, 0.1) is 0 Å². The van der Waals surface area contributed by atoms with E-state index >= 15 is 0 Å². The van der Waals surface area contributed by atoms with E-state index in [-0.39, 0.29) is 29.9 Å². The monoisotopic (exact) mass is 561 g/mol. The number of aromatic nitrogens is 1. The molecule has 6 nitrogen and oxygen atoms in total. The Labute approximate surface area is 204 Å². The lowest BCUT2D eigenvalue weighted by atomic mass is 10.1. The second-order valence-electron chi connectivity index (χ2n) is 6.98. The van der Waals surface area contributed by atoms with Gasteiger partial charge in [-0.15, -0.1) is 35.3 Å². The number of hydrogen-bond donors (Lipinski definition) is 1. The molecule has 9 heteroatoms. The van der Waals surface area contributed by atoms with Crippen LogP contribution in [0.5, 0.6) is 0 Å². The lowest BCUT2D eigenvalue weighted by molar-refractivity contribution is -0.131. The molecule has 0 radical (unpaired) electrons. The number of guanidine groups is 1. The summed E-state index contributed by atoms with van der Waals surface area (Å²) < 4.78 is 0. The number of aliphatic imine (C=N–C) groups is 1. The molecular formula is C21H29ClIN5OS. The van der Waals surface area contributed by atoms with Crippen molar-refractivity contribution in [3.8, 4) is 0 Å². The van der Waals surface area contributed by atoms with Crippen molar-refractivity contribution < 1.29 is 4.79 Å². The number of hydrogen-bond acceptors (Lipinski definition) is 4. The van der Waals surface area contributed by atoms with Crippen molar-refractivity contribution in [2.45, 2.75) is 26.2 Å². The van der Waals surface area contributed by atoms with Crippen LogP contribution in [0.4, 0.5) is 0 Å². The summed E-state index contributed by atoms with van der Waals surface area (Å²) in [6.45, 7) is 5.88. The fourth-order valence-corrected chi connectivity index (χ4v) is 4.35. The normalized spacial score (nSPS) is 14.4. The Morgan fingerprint density at radius 1 is 1.27 bits per heavy atom. The van der Waals surface area contributed by atoms with E-state index in [1.54, 1.807) is 18.4 Å². The van der Waals surface area contributed by atoms with Crippen LogP contribution in [0.25, 0.3) is 0 Å². The molecule has 1 saturated heterocycles. The first-order valence-electron chi connectivity index (χ1n) is 10.00. The molecule has 0 spiro atoms. The summed E-state index contributed by atoms with van der Waals surface area (Å²) in [5, 5.41) is 7.41. The van der Waals surface area contributed by atoms with Gasteiger partial charge in [-0.1, -0.05) is 30.7 Å². The van der Waals surface area contributed by atoms with Gasteiger partial charge in [0.05, 0.1) is 17.1 Å². The van der Waals surface area contributed by atoms with Gasteiger partial charge in [0.1, 0.15) is 0 Å². The van der Waals surface area contributed by atoms with Gasteiger partial charge in [-0.2, -0.15) is 0 Å². The van der Waals surface area contributed by atoms with E-state index in [2.05, 4.69) is 32.5 Å². The predicted molar refractivity (Wildman–Crippen MR) is 135 cm³/mol. The number of nitrogens with zero attached hydrogens (tertiary/aromatic N) is 4. The minimum Gasteiger partial charge on any atom is -0.356 e. The van der Waals surface area contributed by atoms with E-state index in [4.69, 9.17) is 11.6 Å². The van der Waals surface area contributed by atoms with Gasteiger partial charge in [0.25, 0.3) is 0 Å². The molecule has 0 saturated carbocycles. The van der Waals surface area contributed by atoms with E-state index in [1.807, 2.05) is 29.2 Å². The number of halogens is 2. The van der Waals surface area contributed by atoms with E-state index in [1.165, 1.54) is 5.01 Å². The third-order valence-electron chi connectivity index (χ3n) is 4.95. The first-order chi connectivity index (χ1) is 14.1. The highest BCUT2D eigenvalue weighted by Crippen LogP contribution is 2.13. The fourth-order valence-electron chi connectivity index (χ4n) is 3.36. The highest BCUT2D eigenvalue weighted by Gasteiger charge is 2.23. The number of carbonyl (C=O) groups excluding carboxylic acids is 1. The van der Waals surface area contributed by atoms with Gasteiger partial charge in [-0.05, 0) is 24.1 Å². The molecule has 1 aliphatic heterocycles. The zero-order valence-electron chi connectivity index (χ0n) is 17.4. The van der Waals surface area contributed by atoms with Gasteiger partial charge >= 0.3 is 0 Å². The lowest BCUT2D eigenvalue weighted by Crippen LogP contribution is -2.54. The third kappa shape index (κ3) is 7.09. The highest BCUT2D eigenvalue weighted by atomic mass is 127. The van der Waals surface area contributed by atoms with Crippen LogP contribution >= 0.6 is 46.9 Å². The third-order valence-corrected chi connectivity index (χ3v) is 6.23.